The highest BCUT2D eigenvalue weighted by atomic mass is 127. The second-order valence-corrected chi connectivity index (χ2v) is 6.12. The number of carbonyl (C=O) groups excluding carboxylic acids is 1. The first kappa shape index (κ1) is 21.0. The fraction of sp³-hybridized carbons (Fsp3) is 0.529. The number of guanidine groups is 1. The van der Waals surface area contributed by atoms with Gasteiger partial charge in [0.05, 0.1) is 0 Å². The molecule has 1 amide bonds. The molecule has 7 heteroatoms. The van der Waals surface area contributed by atoms with Gasteiger partial charge in [-0.05, 0) is 37.3 Å². The van der Waals surface area contributed by atoms with E-state index in [9.17, 15) is 4.79 Å². The van der Waals surface area contributed by atoms with Gasteiger partial charge in [0.2, 0.25) is 5.91 Å². The first-order valence-corrected chi connectivity index (χ1v) is 8.54. The topological polar surface area (TPSA) is 65.5 Å². The third-order valence-electron chi connectivity index (χ3n) is 3.68. The molecule has 0 atom stereocenters. The van der Waals surface area contributed by atoms with Crippen LogP contribution in [0.15, 0.2) is 29.3 Å². The van der Waals surface area contributed by atoms with Crippen LogP contribution in [0.3, 0.4) is 0 Å². The van der Waals surface area contributed by atoms with Gasteiger partial charge in [-0.25, -0.2) is 0 Å². The number of amides is 1. The van der Waals surface area contributed by atoms with Crippen LogP contribution in [0.5, 0.6) is 0 Å². The van der Waals surface area contributed by atoms with Crippen molar-refractivity contribution in [2.24, 2.45) is 4.99 Å². The van der Waals surface area contributed by atoms with Gasteiger partial charge < -0.3 is 16.0 Å². The van der Waals surface area contributed by atoms with Crippen molar-refractivity contribution in [3.05, 3.63) is 34.9 Å². The second-order valence-electron chi connectivity index (χ2n) is 5.71. The molecule has 134 valence electrons. The van der Waals surface area contributed by atoms with Crippen molar-refractivity contribution in [3.63, 3.8) is 0 Å². The molecule has 0 spiro atoms. The van der Waals surface area contributed by atoms with Crippen molar-refractivity contribution in [1.29, 1.82) is 0 Å². The third-order valence-corrected chi connectivity index (χ3v) is 4.05. The van der Waals surface area contributed by atoms with Crippen molar-refractivity contribution in [3.8, 4) is 0 Å². The summed E-state index contributed by atoms with van der Waals surface area (Å²) in [6, 6.07) is 8.28. The van der Waals surface area contributed by atoms with Crippen molar-refractivity contribution in [2.45, 2.75) is 38.1 Å². The minimum Gasteiger partial charge on any atom is -0.356 e. The van der Waals surface area contributed by atoms with Gasteiger partial charge in [-0.2, -0.15) is 0 Å². The number of halogens is 2. The molecule has 0 aromatic heterocycles. The van der Waals surface area contributed by atoms with E-state index < -0.39 is 0 Å². The first-order valence-electron chi connectivity index (χ1n) is 8.16. The largest absolute Gasteiger partial charge is 0.356 e. The number of benzene rings is 1. The van der Waals surface area contributed by atoms with E-state index in [4.69, 9.17) is 11.6 Å². The highest BCUT2D eigenvalue weighted by Crippen LogP contribution is 2.18. The maximum Gasteiger partial charge on any atom is 0.220 e. The average Bonchev–Trinajstić information content (AvgIpc) is 3.35. The maximum absolute atomic E-state index is 11.6. The van der Waals surface area contributed by atoms with E-state index in [-0.39, 0.29) is 29.9 Å². The molecule has 0 radical (unpaired) electrons. The monoisotopic (exact) mass is 464 g/mol. The molecule has 2 rings (SSSR count). The van der Waals surface area contributed by atoms with Crippen molar-refractivity contribution >= 4 is 47.4 Å². The van der Waals surface area contributed by atoms with Crippen molar-refractivity contribution < 1.29 is 4.79 Å². The molecule has 0 unspecified atom stereocenters. The summed E-state index contributed by atoms with van der Waals surface area (Å²) in [4.78, 5) is 15.7. The molecule has 5 nitrogen and oxygen atoms in total. The van der Waals surface area contributed by atoms with Gasteiger partial charge in [0.1, 0.15) is 0 Å². The van der Waals surface area contributed by atoms with Gasteiger partial charge in [0.15, 0.2) is 5.96 Å². The van der Waals surface area contributed by atoms with Crippen LogP contribution in [0.4, 0.5) is 0 Å². The lowest BCUT2D eigenvalue weighted by atomic mass is 10.1. The highest BCUT2D eigenvalue weighted by molar-refractivity contribution is 14.0. The standard InChI is InChI=1S/C17H25ClN4O.HI/c1-19-17(20-11-4-7-16(23)22-14-8-9-14)21-12-10-13-5-2-3-6-15(13)18;/h2-3,5-6,14H,4,7-12H2,1H3,(H,22,23)(H2,19,20,21);1H. The molecule has 1 aliphatic rings. The Kier molecular flexibility index (Phi) is 10.1. The van der Waals surface area contributed by atoms with Crippen LogP contribution < -0.4 is 16.0 Å². The molecule has 3 N–H and O–H groups in total. The molecular formula is C17H26ClIN4O. The van der Waals surface area contributed by atoms with Gasteiger partial charge in [-0.1, -0.05) is 29.8 Å². The average molecular weight is 465 g/mol. The smallest absolute Gasteiger partial charge is 0.220 e. The van der Waals surface area contributed by atoms with E-state index in [1.165, 1.54) is 0 Å². The molecule has 1 fully saturated rings. The molecule has 24 heavy (non-hydrogen) atoms. The quantitative estimate of drug-likeness (QED) is 0.240. The van der Waals surface area contributed by atoms with Crippen LogP contribution in [-0.4, -0.2) is 38.0 Å². The minimum absolute atomic E-state index is 0. The van der Waals surface area contributed by atoms with Gasteiger partial charge in [0, 0.05) is 37.6 Å². The number of nitrogens with one attached hydrogen (secondary N) is 3. The summed E-state index contributed by atoms with van der Waals surface area (Å²) in [5, 5.41) is 10.3. The zero-order chi connectivity index (χ0) is 16.5. The summed E-state index contributed by atoms with van der Waals surface area (Å²) in [5.74, 6) is 0.899. The summed E-state index contributed by atoms with van der Waals surface area (Å²) in [6.07, 6.45) is 4.45. The fourth-order valence-electron chi connectivity index (χ4n) is 2.22. The van der Waals surface area contributed by atoms with Gasteiger partial charge in [-0.3, -0.25) is 9.79 Å². The van der Waals surface area contributed by atoms with E-state index in [1.807, 2.05) is 24.3 Å². The van der Waals surface area contributed by atoms with E-state index in [0.717, 1.165) is 55.3 Å². The van der Waals surface area contributed by atoms with Gasteiger partial charge in [-0.15, -0.1) is 24.0 Å². The Morgan fingerprint density at radius 1 is 1.25 bits per heavy atom. The SMILES string of the molecule is CN=C(NCCCC(=O)NC1CC1)NCCc1ccccc1Cl.I. The number of nitrogens with zero attached hydrogens (tertiary/aromatic N) is 1. The molecule has 0 saturated heterocycles. The highest BCUT2D eigenvalue weighted by Gasteiger charge is 2.22. The number of hydrogen-bond donors (Lipinski definition) is 3. The first-order chi connectivity index (χ1) is 11.2. The van der Waals surface area contributed by atoms with E-state index in [0.29, 0.717) is 12.5 Å². The van der Waals surface area contributed by atoms with E-state index >= 15 is 0 Å². The second kappa shape index (κ2) is 11.5. The van der Waals surface area contributed by atoms with Crippen molar-refractivity contribution in [2.75, 3.05) is 20.1 Å². The lowest BCUT2D eigenvalue weighted by Gasteiger charge is -2.12. The molecule has 1 aromatic carbocycles. The Bertz CT molecular complexity index is 549. The summed E-state index contributed by atoms with van der Waals surface area (Å²) >= 11 is 6.13. The van der Waals surface area contributed by atoms with Crippen LogP contribution in [-0.2, 0) is 11.2 Å². The Hall–Kier alpha value is -1.02. The molecule has 1 saturated carbocycles. The lowest BCUT2D eigenvalue weighted by Crippen LogP contribution is -2.39. The molecule has 0 bridgehead atoms. The zero-order valence-electron chi connectivity index (χ0n) is 14.0. The van der Waals surface area contributed by atoms with E-state index in [1.54, 1.807) is 7.05 Å². The predicted octanol–water partition coefficient (Wildman–Crippen LogP) is 2.72. The zero-order valence-corrected chi connectivity index (χ0v) is 17.1. The summed E-state index contributed by atoms with van der Waals surface area (Å²) in [6.45, 7) is 1.48. The van der Waals surface area contributed by atoms with Gasteiger partial charge in [0.25, 0.3) is 0 Å². The fourth-order valence-corrected chi connectivity index (χ4v) is 2.45. The molecule has 0 heterocycles. The van der Waals surface area contributed by atoms with Crippen LogP contribution >= 0.6 is 35.6 Å². The third kappa shape index (κ3) is 8.19. The van der Waals surface area contributed by atoms with Crippen LogP contribution in [0.2, 0.25) is 5.02 Å². The van der Waals surface area contributed by atoms with Crippen molar-refractivity contribution in [1.82, 2.24) is 16.0 Å². The van der Waals surface area contributed by atoms with Crippen LogP contribution in [0, 0.1) is 0 Å². The van der Waals surface area contributed by atoms with E-state index in [2.05, 4.69) is 20.9 Å². The van der Waals surface area contributed by atoms with Crippen LogP contribution in [0.25, 0.3) is 0 Å². The number of carbonyl (C=O) groups is 1. The normalized spacial score (nSPS) is 13.8. The predicted molar refractivity (Wildman–Crippen MR) is 110 cm³/mol. The Balaban J connectivity index is 0.00000288. The Morgan fingerprint density at radius 3 is 2.62 bits per heavy atom. The van der Waals surface area contributed by atoms with Gasteiger partial charge >= 0.3 is 0 Å². The Labute approximate surface area is 166 Å². The lowest BCUT2D eigenvalue weighted by molar-refractivity contribution is -0.121. The Morgan fingerprint density at radius 2 is 1.96 bits per heavy atom. The molecular weight excluding hydrogens is 439 g/mol. The van der Waals surface area contributed by atoms with Crippen LogP contribution in [0.1, 0.15) is 31.2 Å². The molecule has 1 aliphatic carbocycles. The number of hydrogen-bond acceptors (Lipinski definition) is 2. The summed E-state index contributed by atoms with van der Waals surface area (Å²) in [7, 11) is 1.74. The number of rotatable bonds is 8. The molecule has 0 aliphatic heterocycles. The summed E-state index contributed by atoms with van der Waals surface area (Å²) in [5.41, 5.74) is 1.12. The minimum atomic E-state index is 0. The summed E-state index contributed by atoms with van der Waals surface area (Å²) < 4.78 is 0. The maximum atomic E-state index is 11.6. The number of aliphatic imine (C=N–C) groups is 1. The molecule has 1 aromatic rings.